The molecule has 1 aliphatic carbocycles. The predicted molar refractivity (Wildman–Crippen MR) is 115 cm³/mol. The Hall–Kier alpha value is -3.08. The third kappa shape index (κ3) is 3.72. The van der Waals surface area contributed by atoms with E-state index >= 15 is 0 Å². The van der Waals surface area contributed by atoms with Crippen LogP contribution in [0.25, 0.3) is 0 Å². The number of hydrogen-bond donors (Lipinski definition) is 1. The second-order valence-corrected chi connectivity index (χ2v) is 7.94. The van der Waals surface area contributed by atoms with Crippen LogP contribution in [-0.2, 0) is 16.0 Å². The van der Waals surface area contributed by atoms with E-state index in [0.717, 1.165) is 28.8 Å². The molecule has 0 fully saturated rings. The molecule has 0 saturated carbocycles. The Kier molecular flexibility index (Phi) is 5.62. The van der Waals surface area contributed by atoms with Crippen molar-refractivity contribution in [2.75, 3.05) is 14.2 Å². The van der Waals surface area contributed by atoms with Crippen molar-refractivity contribution in [3.8, 4) is 11.5 Å². The molecule has 0 bridgehead atoms. The minimum atomic E-state index is -0.260. The van der Waals surface area contributed by atoms with Crippen LogP contribution in [0.15, 0.2) is 53.7 Å². The molecule has 0 radical (unpaired) electrons. The van der Waals surface area contributed by atoms with Crippen LogP contribution in [0.2, 0.25) is 0 Å². The summed E-state index contributed by atoms with van der Waals surface area (Å²) in [5.41, 5.74) is 4.83. The summed E-state index contributed by atoms with van der Waals surface area (Å²) in [7, 11) is 3.17. The average Bonchev–Trinajstić information content (AvgIpc) is 2.77. The van der Waals surface area contributed by atoms with E-state index in [9.17, 15) is 9.59 Å². The van der Waals surface area contributed by atoms with Gasteiger partial charge in [0.2, 0.25) is 5.91 Å². The summed E-state index contributed by atoms with van der Waals surface area (Å²) in [6.45, 7) is 2.13. The van der Waals surface area contributed by atoms with Crippen molar-refractivity contribution in [3.63, 3.8) is 0 Å². The molecule has 2 aromatic rings. The maximum atomic E-state index is 13.2. The van der Waals surface area contributed by atoms with Crippen LogP contribution in [0.3, 0.4) is 0 Å². The Morgan fingerprint density at radius 1 is 0.900 bits per heavy atom. The lowest BCUT2D eigenvalue weighted by Gasteiger charge is -2.34. The van der Waals surface area contributed by atoms with Gasteiger partial charge in [-0.2, -0.15) is 0 Å². The number of carbonyl (C=O) groups is 2. The Balaban J connectivity index is 1.68. The van der Waals surface area contributed by atoms with Gasteiger partial charge >= 0.3 is 0 Å². The van der Waals surface area contributed by atoms with E-state index in [0.29, 0.717) is 24.3 Å². The lowest BCUT2D eigenvalue weighted by atomic mass is 9.73. The van der Waals surface area contributed by atoms with Gasteiger partial charge in [-0.1, -0.05) is 37.3 Å². The van der Waals surface area contributed by atoms with E-state index in [1.807, 2.05) is 18.2 Å². The van der Waals surface area contributed by atoms with Crippen LogP contribution in [0.1, 0.15) is 54.7 Å². The number of methoxy groups -OCH3 is 2. The molecule has 1 aliphatic heterocycles. The quantitative estimate of drug-likeness (QED) is 0.807. The largest absolute Gasteiger partial charge is 0.493 e. The number of rotatable bonds is 5. The van der Waals surface area contributed by atoms with Gasteiger partial charge in [-0.25, -0.2) is 0 Å². The van der Waals surface area contributed by atoms with Crippen molar-refractivity contribution >= 4 is 11.7 Å². The summed E-state index contributed by atoms with van der Waals surface area (Å²) in [6.07, 6.45) is 2.38. The first-order chi connectivity index (χ1) is 14.5. The molecule has 5 heteroatoms. The minimum absolute atomic E-state index is 0.0525. The van der Waals surface area contributed by atoms with Gasteiger partial charge in [0, 0.05) is 30.0 Å². The number of benzene rings is 2. The smallest absolute Gasteiger partial charge is 0.225 e. The molecule has 4 rings (SSSR count). The Morgan fingerprint density at radius 3 is 2.27 bits per heavy atom. The second-order valence-electron chi connectivity index (χ2n) is 7.94. The first kappa shape index (κ1) is 20.2. The molecule has 2 atom stereocenters. The molecular formula is C25H27NO4. The highest BCUT2D eigenvalue weighted by Gasteiger charge is 2.38. The van der Waals surface area contributed by atoms with Gasteiger partial charge in [0.15, 0.2) is 17.3 Å². The van der Waals surface area contributed by atoms with E-state index in [1.54, 1.807) is 14.2 Å². The normalized spacial score (nSPS) is 21.2. The molecule has 0 spiro atoms. The minimum Gasteiger partial charge on any atom is -0.493 e. The van der Waals surface area contributed by atoms with E-state index in [-0.39, 0.29) is 29.9 Å². The fourth-order valence-electron chi connectivity index (χ4n) is 4.58. The first-order valence-electron chi connectivity index (χ1n) is 10.4. The highest BCUT2D eigenvalue weighted by molar-refractivity contribution is 6.02. The van der Waals surface area contributed by atoms with Crippen LogP contribution >= 0.6 is 0 Å². The lowest BCUT2D eigenvalue weighted by molar-refractivity contribution is -0.122. The van der Waals surface area contributed by atoms with Gasteiger partial charge in [0.05, 0.1) is 14.2 Å². The maximum Gasteiger partial charge on any atom is 0.225 e. The standard InChI is InChI=1S/C25H27NO4/c1-4-15-5-7-16(8-6-15)18-11-20-25(21(27)12-18)19(14-24(28)26-20)17-9-10-22(29-2)23(13-17)30-3/h5-10,13,18-19H,4,11-12,14H2,1-3H3,(H,26,28). The molecule has 2 aliphatic rings. The molecule has 30 heavy (non-hydrogen) atoms. The number of Topliss-reactive ketones (excluding diaryl/α,β-unsaturated/α-hetero) is 1. The van der Waals surface area contributed by atoms with Gasteiger partial charge in [0.1, 0.15) is 0 Å². The molecule has 156 valence electrons. The van der Waals surface area contributed by atoms with Gasteiger partial charge < -0.3 is 14.8 Å². The SMILES string of the molecule is CCc1ccc(C2CC(=O)C3=C(C2)NC(=O)CC3c2ccc(OC)c(OC)c2)cc1. The van der Waals surface area contributed by atoms with Gasteiger partial charge in [0.25, 0.3) is 0 Å². The van der Waals surface area contributed by atoms with Crippen molar-refractivity contribution in [2.45, 2.75) is 44.4 Å². The van der Waals surface area contributed by atoms with E-state index in [2.05, 4.69) is 36.5 Å². The molecule has 2 unspecified atom stereocenters. The zero-order valence-corrected chi connectivity index (χ0v) is 17.7. The van der Waals surface area contributed by atoms with E-state index < -0.39 is 0 Å². The number of carbonyl (C=O) groups excluding carboxylic acids is 2. The van der Waals surface area contributed by atoms with Crippen molar-refractivity contribution in [1.29, 1.82) is 0 Å². The molecule has 0 saturated heterocycles. The van der Waals surface area contributed by atoms with Crippen molar-refractivity contribution < 1.29 is 19.1 Å². The predicted octanol–water partition coefficient (Wildman–Crippen LogP) is 4.27. The summed E-state index contributed by atoms with van der Waals surface area (Å²) >= 11 is 0. The highest BCUT2D eigenvalue weighted by atomic mass is 16.5. The fraction of sp³-hybridized carbons (Fsp3) is 0.360. The highest BCUT2D eigenvalue weighted by Crippen LogP contribution is 2.44. The first-order valence-corrected chi connectivity index (χ1v) is 10.4. The summed E-state index contributed by atoms with van der Waals surface area (Å²) in [6, 6.07) is 14.1. The van der Waals surface area contributed by atoms with Crippen molar-refractivity contribution in [2.24, 2.45) is 0 Å². The molecule has 5 nitrogen and oxygen atoms in total. The molecule has 1 heterocycles. The third-order valence-corrected chi connectivity index (χ3v) is 6.21. The number of nitrogens with one attached hydrogen (secondary N) is 1. The number of ketones is 1. The fourth-order valence-corrected chi connectivity index (χ4v) is 4.58. The molecular weight excluding hydrogens is 378 g/mol. The lowest BCUT2D eigenvalue weighted by Crippen LogP contribution is -2.38. The van der Waals surface area contributed by atoms with E-state index in [4.69, 9.17) is 9.47 Å². The number of hydrogen-bond acceptors (Lipinski definition) is 4. The van der Waals surface area contributed by atoms with Crippen LogP contribution in [0.5, 0.6) is 11.5 Å². The average molecular weight is 405 g/mol. The molecule has 0 aromatic heterocycles. The Morgan fingerprint density at radius 2 is 1.60 bits per heavy atom. The van der Waals surface area contributed by atoms with E-state index in [1.165, 1.54) is 5.56 Å². The number of aryl methyl sites for hydroxylation is 1. The molecule has 1 N–H and O–H groups in total. The molecule has 1 amide bonds. The zero-order valence-electron chi connectivity index (χ0n) is 17.7. The van der Waals surface area contributed by atoms with Crippen molar-refractivity contribution in [3.05, 3.63) is 70.4 Å². The molecule has 2 aromatic carbocycles. The number of amides is 1. The number of allylic oxidation sites excluding steroid dienone is 2. The van der Waals surface area contributed by atoms with Crippen LogP contribution < -0.4 is 14.8 Å². The van der Waals surface area contributed by atoms with Crippen LogP contribution in [0.4, 0.5) is 0 Å². The summed E-state index contributed by atoms with van der Waals surface area (Å²) in [4.78, 5) is 25.7. The monoisotopic (exact) mass is 405 g/mol. The van der Waals surface area contributed by atoms with Crippen LogP contribution in [-0.4, -0.2) is 25.9 Å². The van der Waals surface area contributed by atoms with Crippen molar-refractivity contribution in [1.82, 2.24) is 5.32 Å². The maximum absolute atomic E-state index is 13.2. The van der Waals surface area contributed by atoms with Gasteiger partial charge in [-0.3, -0.25) is 9.59 Å². The second kappa shape index (κ2) is 8.34. The summed E-state index contributed by atoms with van der Waals surface area (Å²) in [5, 5.41) is 2.99. The zero-order chi connectivity index (χ0) is 21.3. The van der Waals surface area contributed by atoms with Crippen LogP contribution in [0, 0.1) is 0 Å². The number of ether oxygens (including phenoxy) is 2. The van der Waals surface area contributed by atoms with Gasteiger partial charge in [-0.05, 0) is 47.6 Å². The Labute approximate surface area is 177 Å². The Bertz CT molecular complexity index is 1010. The summed E-state index contributed by atoms with van der Waals surface area (Å²) < 4.78 is 10.7. The van der Waals surface area contributed by atoms with Gasteiger partial charge in [-0.15, -0.1) is 0 Å². The third-order valence-electron chi connectivity index (χ3n) is 6.21. The topological polar surface area (TPSA) is 64.6 Å². The summed E-state index contributed by atoms with van der Waals surface area (Å²) in [5.74, 6) is 1.11.